The molecule has 7 nitrogen and oxygen atoms in total. The predicted molar refractivity (Wildman–Crippen MR) is 87.1 cm³/mol. The number of rotatable bonds is 5. The molecule has 0 spiro atoms. The van der Waals surface area contributed by atoms with Crippen molar-refractivity contribution in [2.75, 3.05) is 18.0 Å². The smallest absolute Gasteiger partial charge is 0.294 e. The van der Waals surface area contributed by atoms with Gasteiger partial charge in [0.15, 0.2) is 0 Å². The Balaban J connectivity index is 2.88. The Kier molecular flexibility index (Phi) is 4.67. The Morgan fingerprint density at radius 3 is 1.87 bits per heavy atom. The molecule has 0 aliphatic carbocycles. The van der Waals surface area contributed by atoms with E-state index in [-0.39, 0.29) is 15.2 Å². The van der Waals surface area contributed by atoms with Gasteiger partial charge in [-0.15, -0.1) is 0 Å². The van der Waals surface area contributed by atoms with Crippen molar-refractivity contribution in [1.29, 1.82) is 0 Å². The van der Waals surface area contributed by atoms with Gasteiger partial charge in [-0.05, 0) is 43.5 Å². The highest BCUT2D eigenvalue weighted by molar-refractivity contribution is 7.86. The van der Waals surface area contributed by atoms with Crippen LogP contribution in [0.1, 0.15) is 13.8 Å². The van der Waals surface area contributed by atoms with Gasteiger partial charge in [0.25, 0.3) is 20.2 Å². The van der Waals surface area contributed by atoms with Gasteiger partial charge in [-0.3, -0.25) is 9.11 Å². The third-order valence-electron chi connectivity index (χ3n) is 3.58. The molecule has 0 bridgehead atoms. The molecule has 2 N–H and O–H groups in total. The maximum atomic E-state index is 11.5. The highest BCUT2D eigenvalue weighted by atomic mass is 32.2. The second-order valence-corrected chi connectivity index (χ2v) is 7.79. The van der Waals surface area contributed by atoms with Gasteiger partial charge in [0.05, 0.1) is 9.79 Å². The van der Waals surface area contributed by atoms with Crippen LogP contribution in [0.5, 0.6) is 0 Å². The van der Waals surface area contributed by atoms with E-state index in [1.807, 2.05) is 18.7 Å². The molecule has 0 fully saturated rings. The van der Waals surface area contributed by atoms with E-state index in [9.17, 15) is 21.4 Å². The normalized spacial score (nSPS) is 12.5. The van der Waals surface area contributed by atoms with Gasteiger partial charge < -0.3 is 4.90 Å². The topological polar surface area (TPSA) is 112 Å². The molecule has 0 unspecified atom stereocenters. The van der Waals surface area contributed by atoms with Crippen molar-refractivity contribution in [2.24, 2.45) is 0 Å². The molecule has 9 heteroatoms. The van der Waals surface area contributed by atoms with Crippen LogP contribution in [0, 0.1) is 0 Å². The van der Waals surface area contributed by atoms with Crippen LogP contribution in [0.3, 0.4) is 0 Å². The van der Waals surface area contributed by atoms with E-state index in [2.05, 4.69) is 0 Å². The van der Waals surface area contributed by atoms with Crippen LogP contribution >= 0.6 is 0 Å². The first kappa shape index (κ1) is 17.7. The Bertz CT molecular complexity index is 941. The van der Waals surface area contributed by atoms with Crippen LogP contribution in [0.2, 0.25) is 0 Å². The van der Waals surface area contributed by atoms with Crippen molar-refractivity contribution >= 4 is 36.7 Å². The Morgan fingerprint density at radius 2 is 1.39 bits per heavy atom. The molecule has 0 saturated carbocycles. The van der Waals surface area contributed by atoms with Gasteiger partial charge in [0.2, 0.25) is 0 Å². The first-order chi connectivity index (χ1) is 10.6. The summed E-state index contributed by atoms with van der Waals surface area (Å²) >= 11 is 0. The van der Waals surface area contributed by atoms with Gasteiger partial charge in [-0.2, -0.15) is 16.8 Å². The maximum Gasteiger partial charge on any atom is 0.294 e. The summed E-state index contributed by atoms with van der Waals surface area (Å²) in [6.45, 7) is 4.98. The third-order valence-corrected chi connectivity index (χ3v) is 5.26. The largest absolute Gasteiger partial charge is 0.372 e. The fraction of sp³-hybridized carbons (Fsp3) is 0.286. The van der Waals surface area contributed by atoms with Crippen molar-refractivity contribution < 1.29 is 25.9 Å². The van der Waals surface area contributed by atoms with Gasteiger partial charge in [-0.1, -0.05) is 6.07 Å². The zero-order valence-electron chi connectivity index (χ0n) is 12.6. The minimum atomic E-state index is -4.45. The van der Waals surface area contributed by atoms with Crippen molar-refractivity contribution in [3.8, 4) is 0 Å². The quantitative estimate of drug-likeness (QED) is 0.787. The minimum absolute atomic E-state index is 0.289. The summed E-state index contributed by atoms with van der Waals surface area (Å²) in [6, 6.07) is 6.44. The van der Waals surface area contributed by atoms with Crippen LogP contribution < -0.4 is 4.90 Å². The van der Waals surface area contributed by atoms with Crippen LogP contribution in [-0.4, -0.2) is 39.0 Å². The van der Waals surface area contributed by atoms with Crippen molar-refractivity contribution in [3.05, 3.63) is 30.3 Å². The third kappa shape index (κ3) is 3.63. The summed E-state index contributed by atoms with van der Waals surface area (Å²) in [5, 5.41) is 0.908. The molecule has 2 aromatic carbocycles. The summed E-state index contributed by atoms with van der Waals surface area (Å²) < 4.78 is 64.0. The van der Waals surface area contributed by atoms with E-state index in [1.54, 1.807) is 0 Å². The molecule has 2 rings (SSSR count). The first-order valence-corrected chi connectivity index (χ1v) is 9.73. The Labute approximate surface area is 135 Å². The molecule has 0 heterocycles. The molecule has 2 aromatic rings. The summed E-state index contributed by atoms with van der Waals surface area (Å²) in [5.41, 5.74) is 0.557. The molecule has 0 amide bonds. The summed E-state index contributed by atoms with van der Waals surface area (Å²) in [4.78, 5) is 1.20. The van der Waals surface area contributed by atoms with Crippen molar-refractivity contribution in [2.45, 2.75) is 23.6 Å². The molecule has 0 aliphatic heterocycles. The van der Waals surface area contributed by atoms with Gasteiger partial charge >= 0.3 is 0 Å². The average Bonchev–Trinajstić information content (AvgIpc) is 2.45. The second kappa shape index (κ2) is 6.08. The Hall–Kier alpha value is -1.68. The zero-order valence-corrected chi connectivity index (χ0v) is 14.2. The lowest BCUT2D eigenvalue weighted by Gasteiger charge is -2.23. The van der Waals surface area contributed by atoms with Crippen molar-refractivity contribution in [3.63, 3.8) is 0 Å². The minimum Gasteiger partial charge on any atom is -0.372 e. The van der Waals surface area contributed by atoms with E-state index in [0.717, 1.165) is 0 Å². The Morgan fingerprint density at radius 1 is 0.870 bits per heavy atom. The van der Waals surface area contributed by atoms with E-state index in [1.165, 1.54) is 30.3 Å². The lowest BCUT2D eigenvalue weighted by atomic mass is 10.1. The number of benzene rings is 2. The number of fused-ring (bicyclic) bond motifs is 1. The van der Waals surface area contributed by atoms with Crippen LogP contribution in [-0.2, 0) is 20.2 Å². The molecule has 0 aromatic heterocycles. The molecule has 0 atom stereocenters. The predicted octanol–water partition coefficient (Wildman–Crippen LogP) is 2.18. The SMILES string of the molecule is CCN(CC)c1cc(S(=O)(=O)O)cc2cc(S(=O)(=O)O)ccc12. The fourth-order valence-corrected chi connectivity index (χ4v) is 3.49. The van der Waals surface area contributed by atoms with Gasteiger partial charge in [-0.25, -0.2) is 0 Å². The highest BCUT2D eigenvalue weighted by Crippen LogP contribution is 2.32. The molecular weight excluding hydrogens is 342 g/mol. The van der Waals surface area contributed by atoms with Gasteiger partial charge in [0, 0.05) is 24.2 Å². The number of hydrogen-bond acceptors (Lipinski definition) is 5. The lowest BCUT2D eigenvalue weighted by molar-refractivity contribution is 0.481. The van der Waals surface area contributed by atoms with E-state index in [0.29, 0.717) is 24.2 Å². The standard InChI is InChI=1S/C14H17NO6S2/c1-3-15(4-2)14-9-12(23(19,20)21)8-10-7-11(22(16,17)18)5-6-13(10)14/h5-9H,3-4H2,1-2H3,(H,16,17,18)(H,19,20,21). The molecule has 126 valence electrons. The second-order valence-electron chi connectivity index (χ2n) is 4.95. The van der Waals surface area contributed by atoms with E-state index in [4.69, 9.17) is 4.55 Å². The number of anilines is 1. The zero-order chi connectivity index (χ0) is 17.4. The monoisotopic (exact) mass is 359 g/mol. The highest BCUT2D eigenvalue weighted by Gasteiger charge is 2.18. The molecule has 0 saturated heterocycles. The van der Waals surface area contributed by atoms with Crippen molar-refractivity contribution in [1.82, 2.24) is 0 Å². The number of hydrogen-bond donors (Lipinski definition) is 2. The molecule has 0 radical (unpaired) electrons. The van der Waals surface area contributed by atoms with Crippen LogP contribution in [0.15, 0.2) is 40.1 Å². The van der Waals surface area contributed by atoms with E-state index < -0.39 is 20.2 Å². The average molecular weight is 359 g/mol. The lowest BCUT2D eigenvalue weighted by Crippen LogP contribution is -2.22. The fourth-order valence-electron chi connectivity index (χ4n) is 2.44. The van der Waals surface area contributed by atoms with Gasteiger partial charge in [0.1, 0.15) is 0 Å². The summed E-state index contributed by atoms with van der Waals surface area (Å²) in [7, 11) is -8.87. The summed E-state index contributed by atoms with van der Waals surface area (Å²) in [6.07, 6.45) is 0. The van der Waals surface area contributed by atoms with E-state index >= 15 is 0 Å². The summed E-state index contributed by atoms with van der Waals surface area (Å²) in [5.74, 6) is 0. The maximum absolute atomic E-state index is 11.5. The van der Waals surface area contributed by atoms with Crippen LogP contribution in [0.25, 0.3) is 10.8 Å². The first-order valence-electron chi connectivity index (χ1n) is 6.85. The molecular formula is C14H17NO6S2. The molecule has 23 heavy (non-hydrogen) atoms. The number of nitrogens with zero attached hydrogens (tertiary/aromatic N) is 1. The molecule has 0 aliphatic rings. The van der Waals surface area contributed by atoms with Crippen LogP contribution in [0.4, 0.5) is 5.69 Å².